The highest BCUT2D eigenvalue weighted by Crippen LogP contribution is 2.23. The summed E-state index contributed by atoms with van der Waals surface area (Å²) in [6.07, 6.45) is 0.799. The van der Waals surface area contributed by atoms with Crippen LogP contribution in [0.4, 0.5) is 8.28 Å². The molecule has 1 rings (SSSR count). The fraction of sp³-hybridized carbons (Fsp3) is 0.250. The summed E-state index contributed by atoms with van der Waals surface area (Å²) in [5, 5.41) is 0. The molecule has 0 amide bonds. The van der Waals surface area contributed by atoms with E-state index in [4.69, 9.17) is 0 Å². The standard InChI is InChI=1S/C8H8F2S/c1-2-6-3-4-7(9)8(5-6)11-10/h3-5H,2H2,1H3. The topological polar surface area (TPSA) is 0 Å². The Hall–Kier alpha value is -0.570. The van der Waals surface area contributed by atoms with E-state index in [9.17, 15) is 8.28 Å². The summed E-state index contributed by atoms with van der Waals surface area (Å²) in [6, 6.07) is 4.48. The molecule has 1 aromatic rings. The minimum atomic E-state index is -0.491. The maximum Gasteiger partial charge on any atom is 0.139 e. The van der Waals surface area contributed by atoms with E-state index in [1.807, 2.05) is 6.92 Å². The average molecular weight is 174 g/mol. The van der Waals surface area contributed by atoms with E-state index in [1.165, 1.54) is 12.1 Å². The van der Waals surface area contributed by atoms with Crippen molar-refractivity contribution in [1.29, 1.82) is 0 Å². The fourth-order valence-electron chi connectivity index (χ4n) is 0.827. The predicted molar refractivity (Wildman–Crippen MR) is 42.7 cm³/mol. The maximum absolute atomic E-state index is 12.6. The molecule has 3 heteroatoms. The molecule has 0 bridgehead atoms. The van der Waals surface area contributed by atoms with Crippen molar-refractivity contribution in [2.45, 2.75) is 18.2 Å². The zero-order chi connectivity index (χ0) is 8.27. The lowest BCUT2D eigenvalue weighted by atomic mass is 10.2. The van der Waals surface area contributed by atoms with Gasteiger partial charge >= 0.3 is 0 Å². The van der Waals surface area contributed by atoms with Gasteiger partial charge in [-0.15, -0.1) is 0 Å². The fourth-order valence-corrected chi connectivity index (χ4v) is 1.16. The molecule has 0 atom stereocenters. The summed E-state index contributed by atoms with van der Waals surface area (Å²) in [7, 11) is 0. The molecule has 0 saturated heterocycles. The van der Waals surface area contributed by atoms with E-state index in [-0.39, 0.29) is 17.0 Å². The van der Waals surface area contributed by atoms with E-state index < -0.39 is 5.82 Å². The van der Waals surface area contributed by atoms with Crippen molar-refractivity contribution < 1.29 is 8.28 Å². The second kappa shape index (κ2) is 3.72. The summed E-state index contributed by atoms with van der Waals surface area (Å²) in [5.74, 6) is -0.491. The highest BCUT2D eigenvalue weighted by molar-refractivity contribution is 7.94. The Bertz CT molecular complexity index is 248. The molecule has 11 heavy (non-hydrogen) atoms. The van der Waals surface area contributed by atoms with Gasteiger partial charge in [0.2, 0.25) is 0 Å². The van der Waals surface area contributed by atoms with Crippen LogP contribution in [-0.2, 0) is 6.42 Å². The monoisotopic (exact) mass is 174 g/mol. The van der Waals surface area contributed by atoms with E-state index in [2.05, 4.69) is 0 Å². The van der Waals surface area contributed by atoms with Crippen LogP contribution in [0.25, 0.3) is 0 Å². The first-order valence-electron chi connectivity index (χ1n) is 3.35. The molecule has 0 spiro atoms. The third kappa shape index (κ3) is 1.93. The lowest BCUT2D eigenvalue weighted by Gasteiger charge is -1.98. The number of halogens is 2. The molecule has 0 aliphatic carbocycles. The first-order chi connectivity index (χ1) is 5.27. The lowest BCUT2D eigenvalue weighted by molar-refractivity contribution is 0.599. The van der Waals surface area contributed by atoms with E-state index in [0.29, 0.717) is 0 Å². The van der Waals surface area contributed by atoms with Gasteiger partial charge in [-0.2, -0.15) is 3.89 Å². The summed E-state index contributed by atoms with van der Waals surface area (Å²) in [4.78, 5) is 0.0735. The van der Waals surface area contributed by atoms with Crippen LogP contribution in [0.5, 0.6) is 0 Å². The van der Waals surface area contributed by atoms with Gasteiger partial charge in [0, 0.05) is 0 Å². The molecule has 0 N–H and O–H groups in total. The Morgan fingerprint density at radius 3 is 2.73 bits per heavy atom. The quantitative estimate of drug-likeness (QED) is 0.662. The molecule has 1 aromatic carbocycles. The van der Waals surface area contributed by atoms with Crippen LogP contribution < -0.4 is 0 Å². The van der Waals surface area contributed by atoms with Gasteiger partial charge in [0.15, 0.2) is 0 Å². The van der Waals surface area contributed by atoms with Crippen molar-refractivity contribution in [3.05, 3.63) is 29.6 Å². The second-order valence-corrected chi connectivity index (χ2v) is 2.79. The number of aryl methyl sites for hydroxylation is 1. The van der Waals surface area contributed by atoms with Crippen LogP contribution in [0.15, 0.2) is 23.1 Å². The number of rotatable bonds is 2. The van der Waals surface area contributed by atoms with Crippen molar-refractivity contribution in [2.24, 2.45) is 0 Å². The second-order valence-electron chi connectivity index (χ2n) is 2.20. The minimum absolute atomic E-state index is 0.0500. The smallest absolute Gasteiger partial charge is 0.139 e. The van der Waals surface area contributed by atoms with Crippen LogP contribution in [0.1, 0.15) is 12.5 Å². The van der Waals surface area contributed by atoms with Crippen molar-refractivity contribution >= 4 is 12.1 Å². The van der Waals surface area contributed by atoms with Crippen molar-refractivity contribution in [3.8, 4) is 0 Å². The van der Waals surface area contributed by atoms with Gasteiger partial charge in [-0.3, -0.25) is 0 Å². The van der Waals surface area contributed by atoms with Crippen LogP contribution in [-0.4, -0.2) is 0 Å². The summed E-state index contributed by atoms with van der Waals surface area (Å²) < 4.78 is 24.6. The van der Waals surface area contributed by atoms with Gasteiger partial charge in [-0.1, -0.05) is 13.0 Å². The molecular weight excluding hydrogens is 166 g/mol. The van der Waals surface area contributed by atoms with Crippen LogP contribution >= 0.6 is 12.1 Å². The third-order valence-corrected chi connectivity index (χ3v) is 1.97. The number of hydrogen-bond donors (Lipinski definition) is 0. The zero-order valence-corrected chi connectivity index (χ0v) is 6.92. The molecule has 0 unspecified atom stereocenters. The third-order valence-electron chi connectivity index (χ3n) is 1.49. The Balaban J connectivity index is 3.02. The van der Waals surface area contributed by atoms with Crippen molar-refractivity contribution in [3.63, 3.8) is 0 Å². The van der Waals surface area contributed by atoms with Crippen molar-refractivity contribution in [2.75, 3.05) is 0 Å². The van der Waals surface area contributed by atoms with Gasteiger partial charge in [-0.25, -0.2) is 4.39 Å². The highest BCUT2D eigenvalue weighted by Gasteiger charge is 2.02. The van der Waals surface area contributed by atoms with Gasteiger partial charge in [0.25, 0.3) is 0 Å². The summed E-state index contributed by atoms with van der Waals surface area (Å²) >= 11 is -0.0500. The SMILES string of the molecule is CCc1ccc(F)c(SF)c1. The molecule has 0 fully saturated rings. The van der Waals surface area contributed by atoms with Crippen LogP contribution in [0.2, 0.25) is 0 Å². The molecule has 60 valence electrons. The average Bonchev–Trinajstić information content (AvgIpc) is 2.05. The van der Waals surface area contributed by atoms with Crippen LogP contribution in [0, 0.1) is 5.82 Å². The van der Waals surface area contributed by atoms with Crippen molar-refractivity contribution in [1.82, 2.24) is 0 Å². The lowest BCUT2D eigenvalue weighted by Crippen LogP contribution is -1.83. The Labute approximate surface area is 68.9 Å². The molecule has 0 nitrogen and oxygen atoms in total. The van der Waals surface area contributed by atoms with Gasteiger partial charge in [0.05, 0.1) is 17.0 Å². The molecule has 0 aliphatic rings. The number of benzene rings is 1. The molecule has 0 heterocycles. The first-order valence-corrected chi connectivity index (χ1v) is 4.06. The first kappa shape index (κ1) is 8.53. The zero-order valence-electron chi connectivity index (χ0n) is 6.10. The van der Waals surface area contributed by atoms with Gasteiger partial charge < -0.3 is 0 Å². The Morgan fingerprint density at radius 2 is 2.18 bits per heavy atom. The van der Waals surface area contributed by atoms with Gasteiger partial charge in [-0.05, 0) is 24.1 Å². The summed E-state index contributed by atoms with van der Waals surface area (Å²) in [6.45, 7) is 1.94. The van der Waals surface area contributed by atoms with Crippen LogP contribution in [0.3, 0.4) is 0 Å². The maximum atomic E-state index is 12.6. The van der Waals surface area contributed by atoms with E-state index >= 15 is 0 Å². The highest BCUT2D eigenvalue weighted by atomic mass is 32.2. The summed E-state index contributed by atoms with van der Waals surface area (Å²) in [5.41, 5.74) is 0.951. The minimum Gasteiger partial charge on any atom is -0.206 e. The largest absolute Gasteiger partial charge is 0.206 e. The van der Waals surface area contributed by atoms with Gasteiger partial charge in [0.1, 0.15) is 5.82 Å². The molecular formula is C8H8F2S. The Morgan fingerprint density at radius 1 is 1.45 bits per heavy atom. The normalized spacial score (nSPS) is 10.1. The Kier molecular flexibility index (Phi) is 2.88. The predicted octanol–water partition coefficient (Wildman–Crippen LogP) is 3.36. The molecule has 0 radical (unpaired) electrons. The molecule has 0 aliphatic heterocycles. The van der Waals surface area contributed by atoms with E-state index in [0.717, 1.165) is 12.0 Å². The molecule has 0 aromatic heterocycles. The van der Waals surface area contributed by atoms with E-state index in [1.54, 1.807) is 6.07 Å². The molecule has 0 saturated carbocycles. The number of hydrogen-bond acceptors (Lipinski definition) is 1.